The van der Waals surface area contributed by atoms with Crippen molar-refractivity contribution in [1.82, 2.24) is 5.32 Å². The number of aliphatic hydroxyl groups is 1. The van der Waals surface area contributed by atoms with Gasteiger partial charge in [0.1, 0.15) is 0 Å². The monoisotopic (exact) mass is 253 g/mol. The Hall–Kier alpha value is -0.0800. The first-order chi connectivity index (χ1) is 8.85. The maximum Gasteiger partial charge on any atom is 0.0499 e. The van der Waals surface area contributed by atoms with Crippen LogP contribution in [0, 0.1) is 11.3 Å². The topological polar surface area (TPSA) is 32.3 Å². The average molecular weight is 253 g/mol. The third-order valence-corrected chi connectivity index (χ3v) is 5.19. The molecule has 106 valence electrons. The Morgan fingerprint density at radius 3 is 2.39 bits per heavy atom. The second-order valence-electron chi connectivity index (χ2n) is 6.69. The summed E-state index contributed by atoms with van der Waals surface area (Å²) in [7, 11) is 0. The maximum atomic E-state index is 9.63. The van der Waals surface area contributed by atoms with Crippen LogP contribution in [0.1, 0.15) is 70.6 Å². The van der Waals surface area contributed by atoms with Crippen LogP contribution in [0.5, 0.6) is 0 Å². The highest BCUT2D eigenvalue weighted by Gasteiger charge is 2.30. The molecule has 0 heterocycles. The zero-order valence-corrected chi connectivity index (χ0v) is 11.9. The Kier molecular flexibility index (Phi) is 5.97. The van der Waals surface area contributed by atoms with Crippen molar-refractivity contribution in [3.05, 3.63) is 0 Å². The van der Waals surface area contributed by atoms with Crippen molar-refractivity contribution in [2.24, 2.45) is 11.3 Å². The van der Waals surface area contributed by atoms with Crippen molar-refractivity contribution in [2.45, 2.75) is 70.6 Å². The van der Waals surface area contributed by atoms with Crippen molar-refractivity contribution >= 4 is 0 Å². The van der Waals surface area contributed by atoms with E-state index in [1.165, 1.54) is 70.6 Å². The van der Waals surface area contributed by atoms with E-state index in [1.54, 1.807) is 0 Å². The van der Waals surface area contributed by atoms with E-state index in [-0.39, 0.29) is 5.41 Å². The predicted molar refractivity (Wildman–Crippen MR) is 76.7 cm³/mol. The highest BCUT2D eigenvalue weighted by atomic mass is 16.3. The van der Waals surface area contributed by atoms with E-state index in [4.69, 9.17) is 0 Å². The smallest absolute Gasteiger partial charge is 0.0499 e. The van der Waals surface area contributed by atoms with Crippen LogP contribution in [0.2, 0.25) is 0 Å². The van der Waals surface area contributed by atoms with Gasteiger partial charge >= 0.3 is 0 Å². The number of nitrogens with one attached hydrogen (secondary N) is 1. The lowest BCUT2D eigenvalue weighted by Gasteiger charge is -2.35. The van der Waals surface area contributed by atoms with Crippen LogP contribution in [-0.4, -0.2) is 24.8 Å². The normalized spacial score (nSPS) is 24.5. The number of hydrogen-bond donors (Lipinski definition) is 2. The minimum atomic E-state index is 0.214. The predicted octanol–water partition coefficient (Wildman–Crippen LogP) is 3.49. The molecule has 2 aliphatic carbocycles. The van der Waals surface area contributed by atoms with Gasteiger partial charge in [0, 0.05) is 18.6 Å². The second kappa shape index (κ2) is 7.49. The third kappa shape index (κ3) is 4.24. The van der Waals surface area contributed by atoms with Gasteiger partial charge in [-0.3, -0.25) is 0 Å². The molecule has 18 heavy (non-hydrogen) atoms. The molecule has 2 heteroatoms. The van der Waals surface area contributed by atoms with Crippen molar-refractivity contribution in [2.75, 3.05) is 19.7 Å². The third-order valence-electron chi connectivity index (χ3n) is 5.19. The van der Waals surface area contributed by atoms with Gasteiger partial charge in [0.25, 0.3) is 0 Å². The molecule has 2 nitrogen and oxygen atoms in total. The average Bonchev–Trinajstić information content (AvgIpc) is 2.93. The van der Waals surface area contributed by atoms with Gasteiger partial charge in [-0.15, -0.1) is 0 Å². The molecule has 2 saturated carbocycles. The van der Waals surface area contributed by atoms with E-state index in [2.05, 4.69) is 5.32 Å². The van der Waals surface area contributed by atoms with Crippen molar-refractivity contribution in [1.29, 1.82) is 0 Å². The minimum absolute atomic E-state index is 0.214. The van der Waals surface area contributed by atoms with E-state index in [1.807, 2.05) is 0 Å². The van der Waals surface area contributed by atoms with Gasteiger partial charge in [-0.2, -0.15) is 0 Å². The Balaban J connectivity index is 1.55. The van der Waals surface area contributed by atoms with Gasteiger partial charge in [0.2, 0.25) is 0 Å². The van der Waals surface area contributed by atoms with Crippen LogP contribution >= 0.6 is 0 Å². The second-order valence-corrected chi connectivity index (χ2v) is 6.69. The summed E-state index contributed by atoms with van der Waals surface area (Å²) in [5, 5.41) is 13.2. The summed E-state index contributed by atoms with van der Waals surface area (Å²) in [5.41, 5.74) is 0.214. The number of hydrogen-bond acceptors (Lipinski definition) is 2. The van der Waals surface area contributed by atoms with Gasteiger partial charge in [0.05, 0.1) is 0 Å². The molecule has 2 fully saturated rings. The first-order valence-corrected chi connectivity index (χ1v) is 8.16. The highest BCUT2D eigenvalue weighted by Crippen LogP contribution is 2.35. The van der Waals surface area contributed by atoms with E-state index in [0.717, 1.165) is 19.0 Å². The summed E-state index contributed by atoms with van der Waals surface area (Å²) in [6.07, 6.45) is 15.0. The summed E-state index contributed by atoms with van der Waals surface area (Å²) in [4.78, 5) is 0. The Labute approximate surface area is 113 Å². The summed E-state index contributed by atoms with van der Waals surface area (Å²) < 4.78 is 0. The van der Waals surface area contributed by atoms with Crippen molar-refractivity contribution in [3.8, 4) is 0 Å². The van der Waals surface area contributed by atoms with Crippen LogP contribution in [0.3, 0.4) is 0 Å². The fourth-order valence-electron chi connectivity index (χ4n) is 3.86. The molecule has 0 atom stereocenters. The largest absolute Gasteiger partial charge is 0.396 e. The standard InChI is InChI=1S/C16H31NO/c18-14-16(10-4-1-5-11-16)13-17-12-6-9-15-7-2-3-8-15/h15,17-18H,1-14H2. The Morgan fingerprint density at radius 1 is 1.00 bits per heavy atom. The molecule has 0 spiro atoms. The van der Waals surface area contributed by atoms with E-state index >= 15 is 0 Å². The van der Waals surface area contributed by atoms with Crippen molar-refractivity contribution < 1.29 is 5.11 Å². The molecule has 0 amide bonds. The Morgan fingerprint density at radius 2 is 1.72 bits per heavy atom. The number of aliphatic hydroxyl groups excluding tert-OH is 1. The van der Waals surface area contributed by atoms with E-state index < -0.39 is 0 Å². The summed E-state index contributed by atoms with van der Waals surface area (Å²) in [6, 6.07) is 0. The molecule has 0 aromatic carbocycles. The molecule has 2 rings (SSSR count). The molecule has 0 radical (unpaired) electrons. The number of rotatable bonds is 7. The molecule has 2 N–H and O–H groups in total. The quantitative estimate of drug-likeness (QED) is 0.681. The van der Waals surface area contributed by atoms with E-state index in [9.17, 15) is 5.11 Å². The fourth-order valence-corrected chi connectivity index (χ4v) is 3.86. The highest BCUT2D eigenvalue weighted by molar-refractivity contribution is 4.84. The molecule has 0 bridgehead atoms. The molecule has 0 aromatic rings. The van der Waals surface area contributed by atoms with E-state index in [0.29, 0.717) is 6.61 Å². The van der Waals surface area contributed by atoms with Crippen LogP contribution in [0.15, 0.2) is 0 Å². The van der Waals surface area contributed by atoms with Crippen LogP contribution in [0.4, 0.5) is 0 Å². The zero-order chi connectivity index (χ0) is 12.7. The van der Waals surface area contributed by atoms with Gasteiger partial charge < -0.3 is 10.4 Å². The molecule has 0 aromatic heterocycles. The first kappa shape index (κ1) is 14.3. The molecule has 0 unspecified atom stereocenters. The van der Waals surface area contributed by atoms with Crippen LogP contribution < -0.4 is 5.32 Å². The van der Waals surface area contributed by atoms with Gasteiger partial charge in [-0.1, -0.05) is 44.9 Å². The summed E-state index contributed by atoms with van der Waals surface area (Å²) in [6.45, 7) is 2.56. The zero-order valence-electron chi connectivity index (χ0n) is 11.9. The lowest BCUT2D eigenvalue weighted by Crippen LogP contribution is -2.39. The molecular formula is C16H31NO. The molecular weight excluding hydrogens is 222 g/mol. The van der Waals surface area contributed by atoms with Crippen molar-refractivity contribution in [3.63, 3.8) is 0 Å². The lowest BCUT2D eigenvalue weighted by molar-refractivity contribution is 0.0813. The summed E-state index contributed by atoms with van der Waals surface area (Å²) >= 11 is 0. The van der Waals surface area contributed by atoms with Gasteiger partial charge in [-0.05, 0) is 38.1 Å². The fraction of sp³-hybridized carbons (Fsp3) is 1.00. The SMILES string of the molecule is OCC1(CNCCCC2CCCC2)CCCCC1. The van der Waals surface area contributed by atoms with Gasteiger partial charge in [0.15, 0.2) is 0 Å². The molecule has 0 saturated heterocycles. The minimum Gasteiger partial charge on any atom is -0.396 e. The first-order valence-electron chi connectivity index (χ1n) is 8.16. The molecule has 2 aliphatic rings. The Bertz CT molecular complexity index is 217. The maximum absolute atomic E-state index is 9.63. The van der Waals surface area contributed by atoms with Gasteiger partial charge in [-0.25, -0.2) is 0 Å². The summed E-state index contributed by atoms with van der Waals surface area (Å²) in [5.74, 6) is 1.02. The van der Waals surface area contributed by atoms with Crippen LogP contribution in [0.25, 0.3) is 0 Å². The molecule has 0 aliphatic heterocycles. The van der Waals surface area contributed by atoms with Crippen LogP contribution in [-0.2, 0) is 0 Å². The lowest BCUT2D eigenvalue weighted by atomic mass is 9.74.